The summed E-state index contributed by atoms with van der Waals surface area (Å²) in [6, 6.07) is 12.7. The summed E-state index contributed by atoms with van der Waals surface area (Å²) in [4.78, 5) is 12.6. The first-order valence-corrected chi connectivity index (χ1v) is 9.94. The Labute approximate surface area is 152 Å². The van der Waals surface area contributed by atoms with Gasteiger partial charge in [-0.25, -0.2) is 12.8 Å². The molecule has 1 amide bonds. The van der Waals surface area contributed by atoms with Gasteiger partial charge >= 0.3 is 0 Å². The number of para-hydroxylation sites is 1. The summed E-state index contributed by atoms with van der Waals surface area (Å²) in [5.74, 6) is -1.08. The molecule has 2 aromatic rings. The van der Waals surface area contributed by atoms with Gasteiger partial charge in [-0.2, -0.15) is 4.31 Å². The molecular weight excluding hydrogens is 355 g/mol. The number of carbonyl (C=O) groups is 1. The largest absolute Gasteiger partial charge is 0.326 e. The molecule has 0 aliphatic carbocycles. The van der Waals surface area contributed by atoms with E-state index in [1.54, 1.807) is 19.1 Å². The van der Waals surface area contributed by atoms with E-state index < -0.39 is 21.8 Å². The summed E-state index contributed by atoms with van der Waals surface area (Å²) in [7, 11) is -3.76. The van der Waals surface area contributed by atoms with Gasteiger partial charge in [-0.3, -0.25) is 4.79 Å². The molecule has 0 bridgehead atoms. The van der Waals surface area contributed by atoms with Gasteiger partial charge in [-0.05, 0) is 55.7 Å². The van der Waals surface area contributed by atoms with E-state index >= 15 is 0 Å². The Morgan fingerprint density at radius 3 is 2.62 bits per heavy atom. The molecule has 1 unspecified atom stereocenters. The zero-order valence-corrected chi connectivity index (χ0v) is 15.3. The maximum absolute atomic E-state index is 13.3. The molecule has 3 rings (SSSR count). The first-order valence-electron chi connectivity index (χ1n) is 8.50. The number of halogens is 1. The Kier molecular flexibility index (Phi) is 5.38. The highest BCUT2D eigenvalue weighted by Gasteiger charge is 2.34. The number of amides is 1. The third-order valence-electron chi connectivity index (χ3n) is 4.55. The Morgan fingerprint density at radius 1 is 1.19 bits per heavy atom. The van der Waals surface area contributed by atoms with Crippen LogP contribution < -0.4 is 5.32 Å². The molecular formula is C19H21FN2O3S. The van der Waals surface area contributed by atoms with Gasteiger partial charge in [0.1, 0.15) is 5.82 Å². The van der Waals surface area contributed by atoms with Gasteiger partial charge in [0, 0.05) is 18.8 Å². The Bertz CT molecular complexity index is 900. The summed E-state index contributed by atoms with van der Waals surface area (Å²) in [5.41, 5.74) is 1.05. The zero-order valence-electron chi connectivity index (χ0n) is 14.5. The summed E-state index contributed by atoms with van der Waals surface area (Å²) in [5, 5.41) is 2.83. The minimum atomic E-state index is -3.76. The lowest BCUT2D eigenvalue weighted by Gasteiger charge is -2.31. The van der Waals surface area contributed by atoms with E-state index in [1.165, 1.54) is 16.4 Å². The highest BCUT2D eigenvalue weighted by Crippen LogP contribution is 2.26. The van der Waals surface area contributed by atoms with Crippen molar-refractivity contribution in [2.45, 2.75) is 24.7 Å². The van der Waals surface area contributed by atoms with Crippen molar-refractivity contribution in [3.8, 4) is 0 Å². The number of rotatable bonds is 4. The molecule has 5 nitrogen and oxygen atoms in total. The molecule has 0 spiro atoms. The summed E-state index contributed by atoms with van der Waals surface area (Å²) in [6.07, 6.45) is 1.24. The van der Waals surface area contributed by atoms with Crippen molar-refractivity contribution in [2.75, 3.05) is 18.4 Å². The lowest BCUT2D eigenvalue weighted by atomic mass is 9.99. The normalized spacial score (nSPS) is 18.5. The number of hydrogen-bond donors (Lipinski definition) is 1. The van der Waals surface area contributed by atoms with Crippen LogP contribution in [0.5, 0.6) is 0 Å². The topological polar surface area (TPSA) is 66.5 Å². The van der Waals surface area contributed by atoms with Gasteiger partial charge in [0.05, 0.1) is 10.8 Å². The van der Waals surface area contributed by atoms with Crippen LogP contribution in [0.2, 0.25) is 0 Å². The Hall–Kier alpha value is -2.25. The smallest absolute Gasteiger partial charge is 0.243 e. The summed E-state index contributed by atoms with van der Waals surface area (Å²) in [6.45, 7) is 2.05. The number of carbonyl (C=O) groups excluding carboxylic acids is 1. The third kappa shape index (κ3) is 3.94. The highest BCUT2D eigenvalue weighted by molar-refractivity contribution is 7.89. The molecule has 0 aromatic heterocycles. The maximum Gasteiger partial charge on any atom is 0.243 e. The molecule has 1 saturated heterocycles. The number of aryl methyl sites for hydroxylation is 1. The lowest BCUT2D eigenvalue weighted by molar-refractivity contribution is -0.120. The van der Waals surface area contributed by atoms with Crippen molar-refractivity contribution in [3.05, 3.63) is 59.9 Å². The molecule has 0 saturated carbocycles. The van der Waals surface area contributed by atoms with Crippen molar-refractivity contribution in [1.29, 1.82) is 0 Å². The fourth-order valence-corrected chi connectivity index (χ4v) is 4.91. The highest BCUT2D eigenvalue weighted by atomic mass is 32.2. The first kappa shape index (κ1) is 18.5. The molecule has 2 aromatic carbocycles. The van der Waals surface area contributed by atoms with E-state index in [0.29, 0.717) is 30.6 Å². The van der Waals surface area contributed by atoms with E-state index in [2.05, 4.69) is 5.32 Å². The van der Waals surface area contributed by atoms with Crippen LogP contribution in [0.25, 0.3) is 0 Å². The maximum atomic E-state index is 13.3. The van der Waals surface area contributed by atoms with Gasteiger partial charge in [0.2, 0.25) is 15.9 Å². The van der Waals surface area contributed by atoms with E-state index in [4.69, 9.17) is 0 Å². The minimum absolute atomic E-state index is 0.0861. The molecule has 1 fully saturated rings. The molecule has 1 heterocycles. The molecule has 1 N–H and O–H groups in total. The minimum Gasteiger partial charge on any atom is -0.326 e. The molecule has 138 valence electrons. The van der Waals surface area contributed by atoms with E-state index in [9.17, 15) is 17.6 Å². The second-order valence-electron chi connectivity index (χ2n) is 6.47. The van der Waals surface area contributed by atoms with Crippen molar-refractivity contribution in [2.24, 2.45) is 5.92 Å². The van der Waals surface area contributed by atoms with Gasteiger partial charge in [-0.1, -0.05) is 18.2 Å². The van der Waals surface area contributed by atoms with Crippen molar-refractivity contribution in [1.82, 2.24) is 4.31 Å². The first-order chi connectivity index (χ1) is 12.4. The number of nitrogens with one attached hydrogen (secondary N) is 1. The second kappa shape index (κ2) is 7.55. The van der Waals surface area contributed by atoms with Crippen LogP contribution in [0.1, 0.15) is 18.4 Å². The predicted molar refractivity (Wildman–Crippen MR) is 97.7 cm³/mol. The van der Waals surface area contributed by atoms with Crippen molar-refractivity contribution < 1.29 is 17.6 Å². The SMILES string of the molecule is Cc1cc(F)ccc1S(=O)(=O)N1CCCC(C(=O)Nc2ccccc2)C1. The van der Waals surface area contributed by atoms with Crippen LogP contribution in [0, 0.1) is 18.7 Å². The van der Waals surface area contributed by atoms with E-state index in [1.807, 2.05) is 18.2 Å². The predicted octanol–water partition coefficient (Wildman–Crippen LogP) is 3.17. The third-order valence-corrected chi connectivity index (χ3v) is 6.58. The standard InChI is InChI=1S/C19H21FN2O3S/c1-14-12-16(20)9-10-18(14)26(24,25)22-11-5-6-15(13-22)19(23)21-17-7-3-2-4-8-17/h2-4,7-10,12,15H,5-6,11,13H2,1H3,(H,21,23). The summed E-state index contributed by atoms with van der Waals surface area (Å²) >= 11 is 0. The molecule has 1 aliphatic heterocycles. The fraction of sp³-hybridized carbons (Fsp3) is 0.316. The average molecular weight is 376 g/mol. The van der Waals surface area contributed by atoms with E-state index in [-0.39, 0.29) is 17.3 Å². The Morgan fingerprint density at radius 2 is 1.92 bits per heavy atom. The van der Waals surface area contributed by atoms with Crippen molar-refractivity contribution >= 4 is 21.6 Å². The van der Waals surface area contributed by atoms with Crippen LogP contribution in [-0.2, 0) is 14.8 Å². The van der Waals surface area contributed by atoms with Crippen LogP contribution in [0.3, 0.4) is 0 Å². The van der Waals surface area contributed by atoms with Crippen LogP contribution >= 0.6 is 0 Å². The number of nitrogens with zero attached hydrogens (tertiary/aromatic N) is 1. The van der Waals surface area contributed by atoms with Crippen LogP contribution in [0.15, 0.2) is 53.4 Å². The molecule has 7 heteroatoms. The number of sulfonamides is 1. The number of hydrogen-bond acceptors (Lipinski definition) is 3. The number of benzene rings is 2. The van der Waals surface area contributed by atoms with Crippen LogP contribution in [0.4, 0.5) is 10.1 Å². The monoisotopic (exact) mass is 376 g/mol. The van der Waals surface area contributed by atoms with Gasteiger partial charge < -0.3 is 5.32 Å². The Balaban J connectivity index is 1.76. The summed E-state index contributed by atoms with van der Waals surface area (Å²) < 4.78 is 40.5. The second-order valence-corrected chi connectivity index (χ2v) is 8.37. The van der Waals surface area contributed by atoms with Gasteiger partial charge in [0.15, 0.2) is 0 Å². The zero-order chi connectivity index (χ0) is 18.7. The average Bonchev–Trinajstić information content (AvgIpc) is 2.62. The number of anilines is 1. The quantitative estimate of drug-likeness (QED) is 0.891. The lowest BCUT2D eigenvalue weighted by Crippen LogP contribution is -2.43. The van der Waals surface area contributed by atoms with Crippen LogP contribution in [-0.4, -0.2) is 31.7 Å². The number of piperidine rings is 1. The molecule has 1 atom stereocenters. The molecule has 1 aliphatic rings. The fourth-order valence-electron chi connectivity index (χ4n) is 3.18. The van der Waals surface area contributed by atoms with Crippen molar-refractivity contribution in [3.63, 3.8) is 0 Å². The van der Waals surface area contributed by atoms with Gasteiger partial charge in [-0.15, -0.1) is 0 Å². The molecule has 26 heavy (non-hydrogen) atoms. The molecule has 0 radical (unpaired) electrons. The van der Waals surface area contributed by atoms with Gasteiger partial charge in [0.25, 0.3) is 0 Å². The van der Waals surface area contributed by atoms with E-state index in [0.717, 1.165) is 6.07 Å².